The van der Waals surface area contributed by atoms with Crippen LogP contribution in [0.4, 0.5) is 18.0 Å². The summed E-state index contributed by atoms with van der Waals surface area (Å²) in [4.78, 5) is 31.1. The van der Waals surface area contributed by atoms with Gasteiger partial charge in [0.2, 0.25) is 0 Å². The van der Waals surface area contributed by atoms with Crippen molar-refractivity contribution in [1.29, 1.82) is 0 Å². The highest BCUT2D eigenvalue weighted by Gasteiger charge is 2.74. The number of nitrogens with zero attached hydrogens (tertiary/aromatic N) is 1. The third kappa shape index (κ3) is 5.66. The zero-order valence-corrected chi connectivity index (χ0v) is 32.0. The zero-order chi connectivity index (χ0) is 38.5. The first-order valence-corrected chi connectivity index (χ1v) is 20.0. The first kappa shape index (κ1) is 37.3. The van der Waals surface area contributed by atoms with Crippen LogP contribution in [0.1, 0.15) is 87.9 Å². The minimum atomic E-state index is -4.82. The number of thiophene rings is 1. The van der Waals surface area contributed by atoms with Crippen molar-refractivity contribution in [2.24, 2.45) is 33.5 Å². The Kier molecular flexibility index (Phi) is 8.75. The van der Waals surface area contributed by atoms with E-state index in [-0.39, 0.29) is 53.9 Å². The van der Waals surface area contributed by atoms with Gasteiger partial charge >= 0.3 is 12.4 Å². The van der Waals surface area contributed by atoms with Crippen molar-refractivity contribution in [2.75, 3.05) is 6.54 Å². The summed E-state index contributed by atoms with van der Waals surface area (Å²) in [6, 6.07) is 14.9. The van der Waals surface area contributed by atoms with Crippen LogP contribution < -0.4 is 10.1 Å². The predicted molar refractivity (Wildman–Crippen MR) is 202 cm³/mol. The highest BCUT2D eigenvalue weighted by molar-refractivity contribution is 7.21. The van der Waals surface area contributed by atoms with Gasteiger partial charge in [-0.1, -0.05) is 62.4 Å². The Bertz CT molecular complexity index is 2010. The molecule has 2 aromatic carbocycles. The molecule has 6 aliphatic rings. The normalized spacial score (nSPS) is 35.3. The number of carbonyl (C=O) groups excluding carboxylic acids is 2. The van der Waals surface area contributed by atoms with E-state index in [9.17, 15) is 28.2 Å². The number of carbonyl (C=O) groups is 2. The van der Waals surface area contributed by atoms with Crippen molar-refractivity contribution < 1.29 is 37.7 Å². The Labute approximate surface area is 318 Å². The van der Waals surface area contributed by atoms with Crippen LogP contribution in [-0.2, 0) is 6.54 Å². The van der Waals surface area contributed by atoms with Gasteiger partial charge in [0.25, 0.3) is 0 Å². The molecule has 1 heterocycles. The van der Waals surface area contributed by atoms with E-state index < -0.39 is 34.3 Å². The fraction of sp³-hybridized carbons (Fsp3) is 0.535. The topological polar surface area (TPSA) is 99.1 Å². The minimum absolute atomic E-state index is 0.0144. The van der Waals surface area contributed by atoms with Crippen molar-refractivity contribution in [2.45, 2.75) is 103 Å². The molecule has 3 fully saturated rings. The van der Waals surface area contributed by atoms with Crippen LogP contribution in [0, 0.1) is 33.5 Å². The number of benzene rings is 2. The maximum atomic E-state index is 15.0. The van der Waals surface area contributed by atoms with Crippen LogP contribution in [0.5, 0.6) is 5.75 Å². The average Bonchev–Trinajstić information content (AvgIpc) is 3.66. The number of halogens is 3. The summed E-state index contributed by atoms with van der Waals surface area (Å²) < 4.78 is 43.7. The average molecular weight is 763 g/mol. The van der Waals surface area contributed by atoms with Gasteiger partial charge in [-0.3, -0.25) is 4.79 Å². The number of hydrogen-bond donors (Lipinski definition) is 3. The van der Waals surface area contributed by atoms with Gasteiger partial charge in [-0.25, -0.2) is 4.79 Å². The van der Waals surface area contributed by atoms with E-state index in [1.54, 1.807) is 4.90 Å². The molecule has 3 saturated carbocycles. The second kappa shape index (κ2) is 12.7. The Balaban J connectivity index is 1.17. The molecule has 54 heavy (non-hydrogen) atoms. The number of nitrogens with one attached hydrogen (secondary N) is 1. The number of amides is 2. The number of alkyl halides is 3. The van der Waals surface area contributed by atoms with Crippen molar-refractivity contribution in [3.05, 3.63) is 88.8 Å². The number of hydrogen-bond acceptors (Lipinski definition) is 6. The van der Waals surface area contributed by atoms with Crippen molar-refractivity contribution in [1.82, 2.24) is 10.2 Å². The van der Waals surface area contributed by atoms with E-state index in [0.29, 0.717) is 42.5 Å². The fourth-order valence-corrected chi connectivity index (χ4v) is 12.7. The van der Waals surface area contributed by atoms with Crippen LogP contribution in [0.3, 0.4) is 0 Å². The van der Waals surface area contributed by atoms with Crippen molar-refractivity contribution >= 4 is 33.2 Å². The molecule has 0 radical (unpaired) electrons. The summed E-state index contributed by atoms with van der Waals surface area (Å²) in [5.74, 6) is -0.315. The van der Waals surface area contributed by atoms with E-state index in [4.69, 9.17) is 0 Å². The predicted octanol–water partition coefficient (Wildman–Crippen LogP) is 9.19. The van der Waals surface area contributed by atoms with Gasteiger partial charge in [0.05, 0.1) is 23.1 Å². The van der Waals surface area contributed by atoms with E-state index in [0.717, 1.165) is 28.5 Å². The Morgan fingerprint density at radius 1 is 0.981 bits per heavy atom. The minimum Gasteiger partial charge on any atom is -0.406 e. The monoisotopic (exact) mass is 762 g/mol. The van der Waals surface area contributed by atoms with Crippen LogP contribution in [-0.4, -0.2) is 57.6 Å². The molecule has 2 bridgehead atoms. The van der Waals surface area contributed by atoms with Crippen molar-refractivity contribution in [3.63, 3.8) is 0 Å². The summed E-state index contributed by atoms with van der Waals surface area (Å²) in [5.41, 5.74) is -1.91. The molecule has 7 nitrogen and oxygen atoms in total. The van der Waals surface area contributed by atoms with Gasteiger partial charge in [-0.15, -0.1) is 24.5 Å². The van der Waals surface area contributed by atoms with Gasteiger partial charge in [0.15, 0.2) is 5.78 Å². The second-order valence-corrected chi connectivity index (χ2v) is 18.5. The molecule has 3 aromatic rings. The van der Waals surface area contributed by atoms with E-state index in [1.807, 2.05) is 44.2 Å². The molecule has 8 atom stereocenters. The lowest BCUT2D eigenvalue weighted by molar-refractivity contribution is -0.274. The summed E-state index contributed by atoms with van der Waals surface area (Å²) in [6.45, 7) is 8.28. The molecule has 288 valence electrons. The highest BCUT2D eigenvalue weighted by Crippen LogP contribution is 2.78. The number of urea groups is 1. The summed E-state index contributed by atoms with van der Waals surface area (Å²) in [6.07, 6.45) is 6.21. The largest absolute Gasteiger partial charge is 0.573 e. The molecular weight excluding hydrogens is 714 g/mol. The van der Waals surface area contributed by atoms with E-state index in [2.05, 4.69) is 42.1 Å². The quantitative estimate of drug-likeness (QED) is 0.157. The maximum absolute atomic E-state index is 15.0. The number of Topliss-reactive ketones (excluding diaryl/α,β-unsaturated/α-hetero) is 1. The number of allylic oxidation sites excluding steroid dienone is 4. The molecule has 0 saturated heterocycles. The molecule has 2 spiro atoms. The summed E-state index contributed by atoms with van der Waals surface area (Å²) >= 11 is 1.51. The number of aliphatic hydroxyl groups is 2. The fourth-order valence-electron chi connectivity index (χ4n) is 11.7. The van der Waals surface area contributed by atoms with Gasteiger partial charge < -0.3 is 25.2 Å². The standard InChI is InChI=1S/C43H49F3N2O5S/c1-26(2)47-37(51)48(24-27-9-11-30(12-10-27)53-43(44,45)46)25-41(52)18-15-35-39(41,4)17-14-34-38(3)16-13-29(49)22-40(38)19-20-42(34,35)31(23-40)36(50)33-21-28-7-5-6-8-32(28)54-33/h5-12,19-21,23,26,29,34-35,49,52H,13-18,22,24-25H2,1-4H3,(H,47,51). The van der Waals surface area contributed by atoms with Gasteiger partial charge in [0.1, 0.15) is 5.75 Å². The molecule has 0 aliphatic heterocycles. The third-order valence-corrected chi connectivity index (χ3v) is 15.4. The van der Waals surface area contributed by atoms with E-state index in [1.165, 1.54) is 35.6 Å². The summed E-state index contributed by atoms with van der Waals surface area (Å²) in [5, 5.41) is 28.0. The van der Waals surface area contributed by atoms with Crippen LogP contribution in [0.15, 0.2) is 78.4 Å². The summed E-state index contributed by atoms with van der Waals surface area (Å²) in [7, 11) is 0. The lowest BCUT2D eigenvalue weighted by Crippen LogP contribution is -2.67. The third-order valence-electron chi connectivity index (χ3n) is 14.3. The first-order valence-electron chi connectivity index (χ1n) is 19.2. The number of fused-ring (bicyclic) bond motifs is 2. The van der Waals surface area contributed by atoms with E-state index >= 15 is 4.79 Å². The maximum Gasteiger partial charge on any atom is 0.573 e. The molecular formula is C43H49F3N2O5S. The lowest BCUT2D eigenvalue weighted by Gasteiger charge is -2.71. The van der Waals surface area contributed by atoms with Gasteiger partial charge in [-0.05, 0) is 111 Å². The highest BCUT2D eigenvalue weighted by atomic mass is 32.1. The first-order chi connectivity index (χ1) is 25.4. The Morgan fingerprint density at radius 2 is 1.67 bits per heavy atom. The molecule has 11 heteroatoms. The number of ketones is 1. The SMILES string of the molecule is CC(C)NC(=O)N(Cc1ccc(OC(F)(F)F)cc1)CC1(O)CCC2C34C=CC5(C=C3C(=O)c3cc6ccccc6s3)CC(O)CCC5(C)C4CCC21C. The second-order valence-electron chi connectivity index (χ2n) is 17.4. The number of ether oxygens (including phenoxy) is 1. The molecule has 2 amide bonds. The number of aliphatic hydroxyl groups excluding tert-OH is 1. The molecule has 3 N–H and O–H groups in total. The molecule has 6 aliphatic carbocycles. The van der Waals surface area contributed by atoms with Gasteiger partial charge in [0, 0.05) is 39.1 Å². The molecule has 8 unspecified atom stereocenters. The number of rotatable bonds is 8. The molecule has 1 aromatic heterocycles. The lowest BCUT2D eigenvalue weighted by atomic mass is 9.32. The van der Waals surface area contributed by atoms with Crippen LogP contribution in [0.2, 0.25) is 0 Å². The molecule has 9 rings (SSSR count). The van der Waals surface area contributed by atoms with Gasteiger partial charge in [-0.2, -0.15) is 0 Å². The smallest absolute Gasteiger partial charge is 0.406 e. The Morgan fingerprint density at radius 3 is 2.37 bits per heavy atom. The Hall–Kier alpha value is -3.67. The van der Waals surface area contributed by atoms with Crippen LogP contribution in [0.25, 0.3) is 10.1 Å². The van der Waals surface area contributed by atoms with Crippen LogP contribution >= 0.6 is 11.3 Å². The zero-order valence-electron chi connectivity index (χ0n) is 31.2. The van der Waals surface area contributed by atoms with Crippen molar-refractivity contribution in [3.8, 4) is 5.75 Å².